The average Bonchev–Trinajstić information content (AvgIpc) is 2.65. The maximum Gasteiger partial charge on any atom is 0.303 e. The van der Waals surface area contributed by atoms with Crippen LogP contribution in [0.25, 0.3) is 10.4 Å². The predicted octanol–water partition coefficient (Wildman–Crippen LogP) is 8.18. The van der Waals surface area contributed by atoms with Gasteiger partial charge in [0.2, 0.25) is 0 Å². The molecule has 0 fully saturated rings. The third-order valence-corrected chi connectivity index (χ3v) is 5.21. The third-order valence-electron chi connectivity index (χ3n) is 5.21. The number of unbranched alkanes of at least 4 members (excludes halogenated alkanes) is 18. The van der Waals surface area contributed by atoms with Crippen molar-refractivity contribution in [2.75, 3.05) is 6.54 Å². The summed E-state index contributed by atoms with van der Waals surface area (Å²) in [5.74, 6) is -0.662. The van der Waals surface area contributed by atoms with Crippen molar-refractivity contribution in [1.29, 1.82) is 0 Å². The molecule has 0 aromatic carbocycles. The highest BCUT2D eigenvalue weighted by atomic mass is 16.4. The summed E-state index contributed by atoms with van der Waals surface area (Å²) in [5, 5.41) is 12.1. The van der Waals surface area contributed by atoms with Gasteiger partial charge in [-0.15, -0.1) is 0 Å². The fourth-order valence-electron chi connectivity index (χ4n) is 3.51. The molecule has 0 saturated heterocycles. The molecule has 0 aliphatic rings. The summed E-state index contributed by atoms with van der Waals surface area (Å²) in [6, 6.07) is 0. The number of aliphatic carboxylic acids is 1. The van der Waals surface area contributed by atoms with Gasteiger partial charge in [-0.2, -0.15) is 0 Å². The van der Waals surface area contributed by atoms with E-state index in [2.05, 4.69) is 10.0 Å². The Morgan fingerprint density at radius 1 is 0.593 bits per heavy atom. The van der Waals surface area contributed by atoms with Crippen molar-refractivity contribution in [2.24, 2.45) is 5.11 Å². The molecule has 5 nitrogen and oxygen atoms in total. The van der Waals surface area contributed by atoms with Crippen LogP contribution in [-0.4, -0.2) is 17.6 Å². The number of nitrogens with zero attached hydrogens (tertiary/aromatic N) is 3. The molecule has 0 aromatic rings. The number of carboxylic acid groups (broad SMARTS) is 1. The molecular formula is C22H43N3O2. The topological polar surface area (TPSA) is 86.1 Å². The molecule has 0 aromatic heterocycles. The molecule has 1 N–H and O–H groups in total. The van der Waals surface area contributed by atoms with E-state index in [0.717, 1.165) is 19.3 Å². The van der Waals surface area contributed by atoms with E-state index in [1.54, 1.807) is 0 Å². The third kappa shape index (κ3) is 24.8. The highest BCUT2D eigenvalue weighted by Gasteiger charge is 1.97. The van der Waals surface area contributed by atoms with Gasteiger partial charge in [-0.05, 0) is 18.4 Å². The van der Waals surface area contributed by atoms with Crippen molar-refractivity contribution in [1.82, 2.24) is 0 Å². The first-order valence-corrected chi connectivity index (χ1v) is 11.5. The van der Waals surface area contributed by atoms with Crippen molar-refractivity contribution in [3.63, 3.8) is 0 Å². The molecule has 0 atom stereocenters. The van der Waals surface area contributed by atoms with E-state index < -0.39 is 5.97 Å². The molecule has 0 rings (SSSR count). The average molecular weight is 382 g/mol. The quantitative estimate of drug-likeness (QED) is 0.0886. The normalized spacial score (nSPS) is 10.7. The van der Waals surface area contributed by atoms with Crippen LogP contribution in [0, 0.1) is 0 Å². The highest BCUT2D eigenvalue weighted by molar-refractivity contribution is 5.66. The number of carboxylic acids is 1. The summed E-state index contributed by atoms with van der Waals surface area (Å²) in [4.78, 5) is 13.2. The van der Waals surface area contributed by atoms with Crippen LogP contribution in [0.4, 0.5) is 0 Å². The lowest BCUT2D eigenvalue weighted by atomic mass is 10.0. The van der Waals surface area contributed by atoms with Crippen molar-refractivity contribution in [2.45, 2.75) is 128 Å². The lowest BCUT2D eigenvalue weighted by Crippen LogP contribution is -1.93. The minimum atomic E-state index is -0.662. The van der Waals surface area contributed by atoms with Crippen LogP contribution in [0.5, 0.6) is 0 Å². The summed E-state index contributed by atoms with van der Waals surface area (Å²) < 4.78 is 0. The van der Waals surface area contributed by atoms with Crippen molar-refractivity contribution in [3.8, 4) is 0 Å². The first-order valence-electron chi connectivity index (χ1n) is 11.5. The van der Waals surface area contributed by atoms with Crippen molar-refractivity contribution in [3.05, 3.63) is 10.4 Å². The Kier molecular flexibility index (Phi) is 21.8. The van der Waals surface area contributed by atoms with Crippen molar-refractivity contribution < 1.29 is 9.90 Å². The molecule has 0 aliphatic heterocycles. The van der Waals surface area contributed by atoms with E-state index in [4.69, 9.17) is 10.6 Å². The van der Waals surface area contributed by atoms with Crippen molar-refractivity contribution >= 4 is 5.97 Å². The largest absolute Gasteiger partial charge is 0.481 e. The maximum atomic E-state index is 10.4. The van der Waals surface area contributed by atoms with Gasteiger partial charge in [0.1, 0.15) is 0 Å². The van der Waals surface area contributed by atoms with E-state index in [1.807, 2.05) is 0 Å². The van der Waals surface area contributed by atoms with Gasteiger partial charge in [-0.3, -0.25) is 4.79 Å². The first-order chi connectivity index (χ1) is 13.3. The molecule has 0 saturated carbocycles. The van der Waals surface area contributed by atoms with Gasteiger partial charge < -0.3 is 5.11 Å². The molecule has 0 unspecified atom stereocenters. The van der Waals surface area contributed by atoms with E-state index in [1.165, 1.54) is 103 Å². The lowest BCUT2D eigenvalue weighted by Gasteiger charge is -2.04. The Bertz CT molecular complexity index is 349. The minimum Gasteiger partial charge on any atom is -0.481 e. The number of rotatable bonds is 22. The van der Waals surface area contributed by atoms with Crippen LogP contribution < -0.4 is 0 Å². The number of azide groups is 1. The monoisotopic (exact) mass is 381 g/mol. The molecule has 0 bridgehead atoms. The van der Waals surface area contributed by atoms with E-state index in [-0.39, 0.29) is 0 Å². The Labute approximate surface area is 166 Å². The fourth-order valence-corrected chi connectivity index (χ4v) is 3.51. The van der Waals surface area contributed by atoms with Crippen LogP contribution in [0.1, 0.15) is 128 Å². The SMILES string of the molecule is [N-]=[N+]=NCCCCCCCCCCCCCCCCCCCCCC(=O)O. The smallest absolute Gasteiger partial charge is 0.303 e. The Morgan fingerprint density at radius 3 is 1.19 bits per heavy atom. The van der Waals surface area contributed by atoms with Crippen LogP contribution >= 0.6 is 0 Å². The molecular weight excluding hydrogens is 338 g/mol. The second-order valence-corrected chi connectivity index (χ2v) is 7.82. The standard InChI is InChI=1S/C22H43N3O2/c23-25-24-21-19-17-15-13-11-9-7-5-3-1-2-4-6-8-10-12-14-16-18-20-22(26)27/h1-21H2,(H,26,27). The predicted molar refractivity (Wildman–Crippen MR) is 114 cm³/mol. The zero-order valence-electron chi connectivity index (χ0n) is 17.5. The summed E-state index contributed by atoms with van der Waals surface area (Å²) >= 11 is 0. The number of hydrogen-bond acceptors (Lipinski definition) is 2. The zero-order valence-corrected chi connectivity index (χ0v) is 17.5. The van der Waals surface area contributed by atoms with Crippen LogP contribution in [0.2, 0.25) is 0 Å². The Hall–Kier alpha value is -1.22. The molecule has 0 aliphatic carbocycles. The fraction of sp³-hybridized carbons (Fsp3) is 0.955. The molecule has 0 spiro atoms. The highest BCUT2D eigenvalue weighted by Crippen LogP contribution is 2.14. The van der Waals surface area contributed by atoms with Gasteiger partial charge in [0.25, 0.3) is 0 Å². The van der Waals surface area contributed by atoms with Gasteiger partial charge in [0.05, 0.1) is 0 Å². The zero-order chi connectivity index (χ0) is 19.8. The molecule has 5 heteroatoms. The van der Waals surface area contributed by atoms with Gasteiger partial charge in [0, 0.05) is 17.9 Å². The summed E-state index contributed by atoms with van der Waals surface area (Å²) in [5.41, 5.74) is 8.18. The van der Waals surface area contributed by atoms with Gasteiger partial charge in [0.15, 0.2) is 0 Å². The summed E-state index contributed by atoms with van der Waals surface area (Å²) in [6.45, 7) is 0.658. The van der Waals surface area contributed by atoms with Crippen LogP contribution in [0.3, 0.4) is 0 Å². The van der Waals surface area contributed by atoms with E-state index in [9.17, 15) is 4.79 Å². The Morgan fingerprint density at radius 2 is 0.889 bits per heavy atom. The van der Waals surface area contributed by atoms with Gasteiger partial charge in [-0.25, -0.2) is 0 Å². The number of hydrogen-bond donors (Lipinski definition) is 1. The van der Waals surface area contributed by atoms with Gasteiger partial charge >= 0.3 is 5.97 Å². The Balaban J connectivity index is 3.01. The van der Waals surface area contributed by atoms with E-state index >= 15 is 0 Å². The molecule has 0 amide bonds. The first kappa shape index (κ1) is 25.8. The van der Waals surface area contributed by atoms with Gasteiger partial charge in [-0.1, -0.05) is 114 Å². The summed E-state index contributed by atoms with van der Waals surface area (Å²) in [6.07, 6.45) is 24.7. The second kappa shape index (κ2) is 22.8. The number of carbonyl (C=O) groups is 1. The molecule has 158 valence electrons. The minimum absolute atomic E-state index is 0.333. The maximum absolute atomic E-state index is 10.4. The van der Waals surface area contributed by atoms with Crippen LogP contribution in [0.15, 0.2) is 5.11 Å². The lowest BCUT2D eigenvalue weighted by molar-refractivity contribution is -0.137. The van der Waals surface area contributed by atoms with Crippen LogP contribution in [-0.2, 0) is 4.79 Å². The molecule has 27 heavy (non-hydrogen) atoms. The molecule has 0 heterocycles. The van der Waals surface area contributed by atoms with E-state index in [0.29, 0.717) is 13.0 Å². The second-order valence-electron chi connectivity index (χ2n) is 7.82. The summed E-state index contributed by atoms with van der Waals surface area (Å²) in [7, 11) is 0. The molecule has 0 radical (unpaired) electrons.